The molecule has 0 N–H and O–H groups in total. The zero-order valence-electron chi connectivity index (χ0n) is 19.8. The van der Waals surface area contributed by atoms with Crippen molar-refractivity contribution in [1.82, 2.24) is 19.9 Å². The quantitative estimate of drug-likeness (QED) is 0.155. The number of hydrogen-bond acceptors (Lipinski definition) is 6. The number of benzene rings is 2. The van der Waals surface area contributed by atoms with Crippen molar-refractivity contribution in [3.63, 3.8) is 0 Å². The average molecular weight is 580 g/mol. The molecule has 0 atom stereocenters. The molecule has 0 saturated heterocycles. The molecule has 6 nitrogen and oxygen atoms in total. The molecule has 4 aromatic rings. The summed E-state index contributed by atoms with van der Waals surface area (Å²) < 4.78 is 25.7. The number of halogens is 5. The summed E-state index contributed by atoms with van der Waals surface area (Å²) in [5.41, 5.74) is 2.76. The van der Waals surface area contributed by atoms with Crippen molar-refractivity contribution in [2.45, 2.75) is 12.8 Å². The van der Waals surface area contributed by atoms with E-state index in [4.69, 9.17) is 51.7 Å². The van der Waals surface area contributed by atoms with Crippen molar-refractivity contribution >= 4 is 34.8 Å². The molecule has 2 aromatic carbocycles. The molecule has 192 valence electrons. The Morgan fingerprint density at radius 3 is 1.74 bits per heavy atom. The first-order valence-corrected chi connectivity index (χ1v) is 11.8. The monoisotopic (exact) mass is 578 g/mol. The molecule has 0 radical (unpaired) electrons. The molecule has 0 aliphatic rings. The van der Waals surface area contributed by atoms with Crippen molar-refractivity contribution in [2.24, 2.45) is 0 Å². The number of terminal acetylenes is 1. The van der Waals surface area contributed by atoms with Crippen molar-refractivity contribution in [2.75, 3.05) is 0 Å². The third-order valence-electron chi connectivity index (χ3n) is 4.37. The molecule has 2 heterocycles. The van der Waals surface area contributed by atoms with E-state index in [1.807, 2.05) is 12.1 Å². The van der Waals surface area contributed by atoms with Gasteiger partial charge < -0.3 is 0 Å². The number of rotatable bonds is 2. The molecule has 0 unspecified atom stereocenters. The fourth-order valence-electron chi connectivity index (χ4n) is 2.70. The zero-order valence-corrected chi connectivity index (χ0v) is 22.1. The lowest BCUT2D eigenvalue weighted by Gasteiger charge is -1.99. The molecule has 0 aliphatic heterocycles. The minimum atomic E-state index is -0.388. The van der Waals surface area contributed by atoms with Gasteiger partial charge in [-0.3, -0.25) is 0 Å². The van der Waals surface area contributed by atoms with Crippen LogP contribution in [0.15, 0.2) is 60.9 Å². The molecule has 2 aromatic heterocycles. The van der Waals surface area contributed by atoms with Crippen LogP contribution in [0.5, 0.6) is 0 Å². The standard InChI is InChI=1S/C14H7ClFN3.C10H6FN.C4H2Cl2N2/c15-14-18-8-6-13(19-14)4-2-10-1-3-12(16)9-11(10)5-7-17;1-2-8-3-4-10(11)7-9(8)5-6-12;5-3-1-2-7-4(6)8-3/h1,3,6,8-9H,5H2;1,3-4,7H,5H2;1-2H. The van der Waals surface area contributed by atoms with Crippen LogP contribution < -0.4 is 0 Å². The Labute approximate surface area is 238 Å². The van der Waals surface area contributed by atoms with E-state index in [1.54, 1.807) is 12.1 Å². The Kier molecular flexibility index (Phi) is 12.8. The largest absolute Gasteiger partial charge is 0.226 e. The molecule has 0 saturated carbocycles. The summed E-state index contributed by atoms with van der Waals surface area (Å²) in [6.45, 7) is 0. The highest BCUT2D eigenvalue weighted by molar-refractivity contribution is 6.31. The van der Waals surface area contributed by atoms with Gasteiger partial charge in [-0.25, -0.2) is 28.7 Å². The van der Waals surface area contributed by atoms with Gasteiger partial charge in [-0.2, -0.15) is 10.5 Å². The lowest BCUT2D eigenvalue weighted by molar-refractivity contribution is 0.625. The van der Waals surface area contributed by atoms with Crippen LogP contribution in [0.25, 0.3) is 0 Å². The maximum atomic E-state index is 13.1. The van der Waals surface area contributed by atoms with Gasteiger partial charge in [0.05, 0.1) is 25.0 Å². The smallest absolute Gasteiger partial charge is 0.223 e. The summed E-state index contributed by atoms with van der Waals surface area (Å²) in [6, 6.07) is 15.3. The third kappa shape index (κ3) is 11.1. The van der Waals surface area contributed by atoms with E-state index < -0.39 is 0 Å². The van der Waals surface area contributed by atoms with Gasteiger partial charge in [0.15, 0.2) is 0 Å². The molecular weight excluding hydrogens is 565 g/mol. The molecule has 0 fully saturated rings. The summed E-state index contributed by atoms with van der Waals surface area (Å²) >= 11 is 16.4. The van der Waals surface area contributed by atoms with Crippen molar-refractivity contribution in [3.05, 3.63) is 116 Å². The second kappa shape index (κ2) is 16.3. The Hall–Kier alpha value is -4.57. The van der Waals surface area contributed by atoms with Gasteiger partial charge >= 0.3 is 0 Å². The highest BCUT2D eigenvalue weighted by atomic mass is 35.5. The van der Waals surface area contributed by atoms with Gasteiger partial charge in [-0.05, 0) is 88.8 Å². The van der Waals surface area contributed by atoms with Gasteiger partial charge in [0.25, 0.3) is 0 Å². The predicted molar refractivity (Wildman–Crippen MR) is 144 cm³/mol. The van der Waals surface area contributed by atoms with Crippen molar-refractivity contribution in [1.29, 1.82) is 10.5 Å². The van der Waals surface area contributed by atoms with Crippen LogP contribution in [0.3, 0.4) is 0 Å². The first kappa shape index (κ1) is 30.7. The summed E-state index contributed by atoms with van der Waals surface area (Å²) in [4.78, 5) is 14.9. The molecule has 0 amide bonds. The second-order valence-electron chi connectivity index (χ2n) is 7.03. The van der Waals surface area contributed by atoms with E-state index in [9.17, 15) is 8.78 Å². The Bertz CT molecular complexity index is 1610. The van der Waals surface area contributed by atoms with E-state index in [2.05, 4.69) is 37.7 Å². The lowest BCUT2D eigenvalue weighted by Crippen LogP contribution is -1.91. The highest BCUT2D eigenvalue weighted by Crippen LogP contribution is 2.12. The summed E-state index contributed by atoms with van der Waals surface area (Å²) in [5.74, 6) is 7.29. The van der Waals surface area contributed by atoms with E-state index >= 15 is 0 Å². The Morgan fingerprint density at radius 1 is 0.718 bits per heavy atom. The van der Waals surface area contributed by atoms with Crippen LogP contribution in [0.1, 0.15) is 27.9 Å². The van der Waals surface area contributed by atoms with Gasteiger partial charge in [0.2, 0.25) is 10.6 Å². The third-order valence-corrected chi connectivity index (χ3v) is 4.95. The van der Waals surface area contributed by atoms with Crippen molar-refractivity contribution < 1.29 is 8.78 Å². The topological polar surface area (TPSA) is 99.1 Å². The molecule has 0 spiro atoms. The maximum Gasteiger partial charge on any atom is 0.223 e. The lowest BCUT2D eigenvalue weighted by atomic mass is 10.1. The fraction of sp³-hybridized carbons (Fsp3) is 0.0714. The molecule has 0 aliphatic carbocycles. The normalized spacial score (nSPS) is 9.08. The van der Waals surface area contributed by atoms with Gasteiger partial charge in [0.1, 0.15) is 22.5 Å². The second-order valence-corrected chi connectivity index (χ2v) is 8.09. The molecular formula is C28H15Cl3F2N6. The van der Waals surface area contributed by atoms with E-state index in [0.717, 1.165) is 0 Å². The molecule has 4 rings (SSSR count). The maximum absolute atomic E-state index is 13.1. The van der Waals surface area contributed by atoms with Gasteiger partial charge in [-0.1, -0.05) is 23.4 Å². The number of nitrogens with zero attached hydrogens (tertiary/aromatic N) is 6. The Morgan fingerprint density at radius 2 is 1.26 bits per heavy atom. The van der Waals surface area contributed by atoms with Crippen LogP contribution in [0, 0.1) is 58.5 Å². The summed E-state index contributed by atoms with van der Waals surface area (Å²) in [5, 5.41) is 17.7. The molecule has 0 bridgehead atoms. The number of nitriles is 2. The van der Waals surface area contributed by atoms with Crippen LogP contribution in [0.2, 0.25) is 15.7 Å². The predicted octanol–water partition coefficient (Wildman–Crippen LogP) is 6.39. The first-order chi connectivity index (χ1) is 18.7. The van der Waals surface area contributed by atoms with E-state index in [0.29, 0.717) is 33.1 Å². The average Bonchev–Trinajstić information content (AvgIpc) is 2.90. The Balaban J connectivity index is 0.000000227. The minimum Gasteiger partial charge on any atom is -0.226 e. The minimum absolute atomic E-state index is 0.103. The SMILES string of the molecule is C#Cc1ccc(F)cc1CC#N.Clc1ccnc(Cl)n1.N#CCc1cc(F)ccc1C#Cc1ccnc(Cl)n1. The van der Waals surface area contributed by atoms with Gasteiger partial charge in [-0.15, -0.1) is 6.42 Å². The van der Waals surface area contributed by atoms with Crippen LogP contribution in [0.4, 0.5) is 8.78 Å². The summed E-state index contributed by atoms with van der Waals surface area (Å²) in [6.07, 6.45) is 8.40. The molecule has 39 heavy (non-hydrogen) atoms. The van der Waals surface area contributed by atoms with Crippen LogP contribution in [-0.4, -0.2) is 19.9 Å². The molecule has 11 heteroatoms. The van der Waals surface area contributed by atoms with Crippen LogP contribution >= 0.6 is 34.8 Å². The summed E-state index contributed by atoms with van der Waals surface area (Å²) in [7, 11) is 0. The number of aromatic nitrogens is 4. The van der Waals surface area contributed by atoms with Crippen molar-refractivity contribution in [3.8, 4) is 36.3 Å². The van der Waals surface area contributed by atoms with Crippen LogP contribution in [-0.2, 0) is 12.8 Å². The number of hydrogen-bond donors (Lipinski definition) is 0. The zero-order chi connectivity index (χ0) is 28.6. The van der Waals surface area contributed by atoms with Gasteiger partial charge in [0, 0.05) is 23.5 Å². The fourth-order valence-corrected chi connectivity index (χ4v) is 3.18. The van der Waals surface area contributed by atoms with E-state index in [-0.39, 0.29) is 35.0 Å². The first-order valence-electron chi connectivity index (χ1n) is 10.7. The highest BCUT2D eigenvalue weighted by Gasteiger charge is 2.02. The van der Waals surface area contributed by atoms with E-state index in [1.165, 1.54) is 48.8 Å².